The van der Waals surface area contributed by atoms with Gasteiger partial charge < -0.3 is 9.47 Å². The van der Waals surface area contributed by atoms with Gasteiger partial charge in [-0.25, -0.2) is 15.0 Å². The van der Waals surface area contributed by atoms with E-state index in [1.807, 2.05) is 26.2 Å². The van der Waals surface area contributed by atoms with E-state index >= 15 is 0 Å². The summed E-state index contributed by atoms with van der Waals surface area (Å²) in [6.45, 7) is 12.3. The maximum Gasteiger partial charge on any atom is 0.443 e. The Labute approximate surface area is 160 Å². The average Bonchev–Trinajstić information content (AvgIpc) is 2.50. The third kappa shape index (κ3) is 6.42. The molecule has 0 saturated heterocycles. The fraction of sp³-hybridized carbons (Fsp3) is 0.556. The first-order chi connectivity index (χ1) is 12.2. The van der Waals surface area contributed by atoms with Crippen LogP contribution in [-0.4, -0.2) is 37.2 Å². The van der Waals surface area contributed by atoms with Crippen LogP contribution in [0.3, 0.4) is 0 Å². The summed E-state index contributed by atoms with van der Waals surface area (Å²) in [7, 11) is -4.39. The lowest BCUT2D eigenvalue weighted by Crippen LogP contribution is -2.50. The highest BCUT2D eigenvalue weighted by molar-refractivity contribution is 7.89. The van der Waals surface area contributed by atoms with Crippen molar-refractivity contribution < 1.29 is 27.5 Å². The van der Waals surface area contributed by atoms with Gasteiger partial charge in [-0.3, -0.25) is 0 Å². The molecule has 0 aliphatic carbocycles. The second-order valence-electron chi connectivity index (χ2n) is 7.54. The van der Waals surface area contributed by atoms with Gasteiger partial charge in [-0.2, -0.15) is 8.42 Å². The van der Waals surface area contributed by atoms with Crippen LogP contribution in [0, 0.1) is 0 Å². The van der Waals surface area contributed by atoms with Gasteiger partial charge in [0, 0.05) is 0 Å². The van der Waals surface area contributed by atoms with Crippen molar-refractivity contribution in [3.8, 4) is 0 Å². The number of hydrogen-bond acceptors (Lipinski definition) is 6. The standard InChI is InChI=1S/C18H28N2O6S/c1-12(2)25-16(21)19-20(17(22)26-13(3)4)27(23,24)15-10-8-14(9-11-15)18(5,6)7/h8-13H,1-7H3,(H,19,21). The summed E-state index contributed by atoms with van der Waals surface area (Å²) in [5, 5.41) is 0. The van der Waals surface area contributed by atoms with E-state index in [4.69, 9.17) is 9.47 Å². The lowest BCUT2D eigenvalue weighted by atomic mass is 9.87. The number of benzene rings is 1. The Balaban J connectivity index is 3.24. The predicted molar refractivity (Wildman–Crippen MR) is 101 cm³/mol. The molecule has 27 heavy (non-hydrogen) atoms. The number of hydrogen-bond donors (Lipinski definition) is 1. The number of nitrogens with one attached hydrogen (secondary N) is 1. The van der Waals surface area contributed by atoms with Crippen LogP contribution in [-0.2, 0) is 24.9 Å². The van der Waals surface area contributed by atoms with E-state index in [9.17, 15) is 18.0 Å². The number of amides is 2. The maximum absolute atomic E-state index is 12.9. The molecule has 1 N–H and O–H groups in total. The van der Waals surface area contributed by atoms with Gasteiger partial charge in [0.05, 0.1) is 17.1 Å². The molecular weight excluding hydrogens is 372 g/mol. The predicted octanol–water partition coefficient (Wildman–Crippen LogP) is 3.57. The van der Waals surface area contributed by atoms with Crippen LogP contribution >= 0.6 is 0 Å². The Morgan fingerprint density at radius 3 is 1.85 bits per heavy atom. The van der Waals surface area contributed by atoms with Crippen molar-refractivity contribution in [3.63, 3.8) is 0 Å². The number of sulfonamides is 1. The first kappa shape index (κ1) is 22.8. The van der Waals surface area contributed by atoms with E-state index < -0.39 is 34.4 Å². The molecule has 1 rings (SSSR count). The largest absolute Gasteiger partial charge is 0.446 e. The van der Waals surface area contributed by atoms with Gasteiger partial charge in [-0.15, -0.1) is 4.41 Å². The van der Waals surface area contributed by atoms with E-state index in [0.29, 0.717) is 0 Å². The third-order valence-corrected chi connectivity index (χ3v) is 4.89. The van der Waals surface area contributed by atoms with Crippen LogP contribution < -0.4 is 5.43 Å². The lowest BCUT2D eigenvalue weighted by molar-refractivity contribution is 0.0715. The third-order valence-electron chi connectivity index (χ3n) is 3.30. The van der Waals surface area contributed by atoms with Crippen molar-refractivity contribution in [2.75, 3.05) is 0 Å². The summed E-state index contributed by atoms with van der Waals surface area (Å²) in [5.74, 6) is 0. The Morgan fingerprint density at radius 1 is 0.963 bits per heavy atom. The summed E-state index contributed by atoms with van der Waals surface area (Å²) in [4.78, 5) is 24.0. The fourth-order valence-corrected chi connectivity index (χ4v) is 3.13. The Hall–Kier alpha value is -2.29. The molecule has 0 spiro atoms. The van der Waals surface area contributed by atoms with Crippen molar-refractivity contribution >= 4 is 22.2 Å². The minimum atomic E-state index is -4.39. The molecule has 0 fully saturated rings. The fourth-order valence-electron chi connectivity index (χ4n) is 2.01. The van der Waals surface area contributed by atoms with Gasteiger partial charge >= 0.3 is 12.2 Å². The van der Waals surface area contributed by atoms with Crippen molar-refractivity contribution in [1.29, 1.82) is 0 Å². The van der Waals surface area contributed by atoms with Crippen LogP contribution in [0.1, 0.15) is 54.0 Å². The van der Waals surface area contributed by atoms with Crippen molar-refractivity contribution in [2.45, 2.75) is 71.0 Å². The SMILES string of the molecule is CC(C)OC(=O)NN(C(=O)OC(C)C)S(=O)(=O)c1ccc(C(C)(C)C)cc1. The van der Waals surface area contributed by atoms with E-state index in [1.54, 1.807) is 39.8 Å². The van der Waals surface area contributed by atoms with Gasteiger partial charge in [0.1, 0.15) is 0 Å². The highest BCUT2D eigenvalue weighted by atomic mass is 32.2. The second-order valence-corrected chi connectivity index (χ2v) is 9.33. The Morgan fingerprint density at radius 2 is 1.44 bits per heavy atom. The molecule has 0 bridgehead atoms. The zero-order valence-electron chi connectivity index (χ0n) is 16.8. The number of ether oxygens (including phenoxy) is 2. The van der Waals surface area contributed by atoms with E-state index in [0.717, 1.165) is 5.56 Å². The number of carbonyl (C=O) groups excluding carboxylic acids is 2. The van der Waals surface area contributed by atoms with Gasteiger partial charge in [-0.1, -0.05) is 32.9 Å². The molecule has 0 saturated carbocycles. The zero-order valence-corrected chi connectivity index (χ0v) is 17.6. The summed E-state index contributed by atoms with van der Waals surface area (Å²) in [5.41, 5.74) is 2.70. The second kappa shape index (κ2) is 8.60. The number of hydrazine groups is 1. The highest BCUT2D eigenvalue weighted by Gasteiger charge is 2.34. The Bertz CT molecular complexity index is 764. The molecular formula is C18H28N2O6S. The molecule has 2 amide bonds. The topological polar surface area (TPSA) is 102 Å². The molecule has 0 aliphatic heterocycles. The lowest BCUT2D eigenvalue weighted by Gasteiger charge is -2.24. The maximum atomic E-state index is 12.9. The molecule has 0 radical (unpaired) electrons. The molecule has 9 heteroatoms. The summed E-state index contributed by atoms with van der Waals surface area (Å²) in [6.07, 6.45) is -3.39. The van der Waals surface area contributed by atoms with Crippen LogP contribution in [0.2, 0.25) is 0 Å². The molecule has 0 aromatic heterocycles. The molecule has 0 unspecified atom stereocenters. The van der Waals surface area contributed by atoms with Gasteiger partial charge in [0.15, 0.2) is 0 Å². The summed E-state index contributed by atoms with van der Waals surface area (Å²) >= 11 is 0. The summed E-state index contributed by atoms with van der Waals surface area (Å²) in [6, 6.07) is 6.07. The van der Waals surface area contributed by atoms with Crippen LogP contribution in [0.4, 0.5) is 9.59 Å². The summed E-state index contributed by atoms with van der Waals surface area (Å²) < 4.78 is 35.7. The monoisotopic (exact) mass is 400 g/mol. The molecule has 0 heterocycles. The van der Waals surface area contributed by atoms with Gasteiger partial charge in [0.25, 0.3) is 10.0 Å². The molecule has 1 aromatic rings. The van der Waals surface area contributed by atoms with Crippen molar-refractivity contribution in [1.82, 2.24) is 9.84 Å². The van der Waals surface area contributed by atoms with Crippen molar-refractivity contribution in [3.05, 3.63) is 29.8 Å². The first-order valence-electron chi connectivity index (χ1n) is 8.59. The minimum Gasteiger partial charge on any atom is -0.446 e. The first-order valence-corrected chi connectivity index (χ1v) is 10.0. The van der Waals surface area contributed by atoms with Crippen molar-refractivity contribution in [2.24, 2.45) is 0 Å². The number of rotatable bonds is 4. The van der Waals surface area contributed by atoms with Crippen LogP contribution in [0.25, 0.3) is 0 Å². The van der Waals surface area contributed by atoms with E-state index in [2.05, 4.69) is 0 Å². The molecule has 0 aliphatic rings. The van der Waals surface area contributed by atoms with Crippen LogP contribution in [0.15, 0.2) is 29.2 Å². The molecule has 0 atom stereocenters. The Kier molecular flexibility index (Phi) is 7.25. The average molecular weight is 400 g/mol. The smallest absolute Gasteiger partial charge is 0.443 e. The normalized spacial score (nSPS) is 12.0. The quantitative estimate of drug-likeness (QED) is 0.775. The number of nitrogens with zero attached hydrogens (tertiary/aromatic N) is 1. The minimum absolute atomic E-state index is 0.157. The van der Waals surface area contributed by atoms with Gasteiger partial charge in [-0.05, 0) is 50.8 Å². The number of carbonyl (C=O) groups is 2. The van der Waals surface area contributed by atoms with E-state index in [1.165, 1.54) is 12.1 Å². The molecule has 152 valence electrons. The highest BCUT2D eigenvalue weighted by Crippen LogP contribution is 2.24. The van der Waals surface area contributed by atoms with Gasteiger partial charge in [0.2, 0.25) is 0 Å². The molecule has 8 nitrogen and oxygen atoms in total. The zero-order chi connectivity index (χ0) is 21.0. The van der Waals surface area contributed by atoms with Crippen LogP contribution in [0.5, 0.6) is 0 Å². The van der Waals surface area contributed by atoms with E-state index in [-0.39, 0.29) is 14.7 Å². The molecule has 1 aromatic carbocycles.